The minimum atomic E-state index is -0.956. The van der Waals surface area contributed by atoms with Crippen LogP contribution in [0.3, 0.4) is 0 Å². The van der Waals surface area contributed by atoms with Crippen LogP contribution in [0.4, 0.5) is 0 Å². The van der Waals surface area contributed by atoms with E-state index < -0.39 is 23.4 Å². The van der Waals surface area contributed by atoms with Crippen LogP contribution in [0.5, 0.6) is 0 Å². The highest BCUT2D eigenvalue weighted by Crippen LogP contribution is 2.75. The third kappa shape index (κ3) is 2.04. The predicted molar refractivity (Wildman–Crippen MR) is 100 cm³/mol. The number of aliphatic hydroxyl groups is 3. The Hall–Kier alpha value is -0.530. The molecule has 5 rings (SSSR count). The van der Waals surface area contributed by atoms with Gasteiger partial charge < -0.3 is 24.8 Å². The maximum Gasteiger partial charge on any atom is 0.166 e. The van der Waals surface area contributed by atoms with Gasteiger partial charge in [0, 0.05) is 25.4 Å². The van der Waals surface area contributed by atoms with E-state index in [0.717, 1.165) is 38.5 Å². The zero-order valence-electron chi connectivity index (χ0n) is 17.0. The summed E-state index contributed by atoms with van der Waals surface area (Å²) in [7, 11) is 1.67. The Bertz CT molecular complexity index is 682. The highest BCUT2D eigenvalue weighted by molar-refractivity contribution is 5.83. The number of fused-ring (bicyclic) bond motifs is 1. The molecule has 4 aliphatic carbocycles. The van der Waals surface area contributed by atoms with Crippen LogP contribution >= 0.6 is 0 Å². The monoisotopic (exact) mass is 394 g/mol. The number of methoxy groups -OCH3 is 1. The number of Topliss-reactive ketones (excluding diaryl/α,β-unsaturated/α-hetero) is 1. The first-order valence-electron chi connectivity index (χ1n) is 11.0. The molecule has 5 fully saturated rings. The lowest BCUT2D eigenvalue weighted by atomic mass is 9.42. The van der Waals surface area contributed by atoms with Gasteiger partial charge in [-0.1, -0.05) is 6.92 Å². The lowest BCUT2D eigenvalue weighted by Gasteiger charge is -2.63. The van der Waals surface area contributed by atoms with Gasteiger partial charge in [-0.3, -0.25) is 4.79 Å². The summed E-state index contributed by atoms with van der Waals surface area (Å²) in [5.41, 5.74) is -1.96. The molecule has 1 heterocycles. The van der Waals surface area contributed by atoms with Crippen LogP contribution in [-0.4, -0.2) is 58.4 Å². The molecular weight excluding hydrogens is 360 g/mol. The molecule has 0 unspecified atom stereocenters. The van der Waals surface area contributed by atoms with Gasteiger partial charge in [0.2, 0.25) is 0 Å². The minimum absolute atomic E-state index is 0.0380. The summed E-state index contributed by atoms with van der Waals surface area (Å²) in [6, 6.07) is 0. The van der Waals surface area contributed by atoms with E-state index in [2.05, 4.69) is 6.92 Å². The van der Waals surface area contributed by atoms with Crippen molar-refractivity contribution in [1.29, 1.82) is 0 Å². The molecule has 6 heteroatoms. The van der Waals surface area contributed by atoms with Crippen molar-refractivity contribution in [3.8, 4) is 0 Å². The van der Waals surface area contributed by atoms with Gasteiger partial charge in [0.15, 0.2) is 12.1 Å². The Kier molecular flexibility index (Phi) is 4.17. The Morgan fingerprint density at radius 2 is 1.89 bits per heavy atom. The first kappa shape index (κ1) is 19.4. The highest BCUT2D eigenvalue weighted by Gasteiger charge is 2.79. The van der Waals surface area contributed by atoms with Gasteiger partial charge in [-0.05, 0) is 62.7 Å². The summed E-state index contributed by atoms with van der Waals surface area (Å²) >= 11 is 0. The van der Waals surface area contributed by atoms with Gasteiger partial charge in [0.05, 0.1) is 22.7 Å². The Balaban J connectivity index is 1.59. The number of ketones is 1. The first-order valence-corrected chi connectivity index (χ1v) is 11.0. The first-order chi connectivity index (χ1) is 13.3. The highest BCUT2D eigenvalue weighted by atomic mass is 16.7. The molecule has 3 N–H and O–H groups in total. The van der Waals surface area contributed by atoms with Crippen molar-refractivity contribution in [2.45, 2.75) is 88.3 Å². The number of rotatable bonds is 3. The maximum absolute atomic E-state index is 12.5. The number of carbonyl (C=O) groups is 1. The predicted octanol–water partition coefficient (Wildman–Crippen LogP) is 1.79. The van der Waals surface area contributed by atoms with E-state index in [4.69, 9.17) is 9.47 Å². The van der Waals surface area contributed by atoms with Crippen molar-refractivity contribution in [3.63, 3.8) is 0 Å². The van der Waals surface area contributed by atoms with Crippen LogP contribution in [0.15, 0.2) is 0 Å². The molecule has 6 nitrogen and oxygen atoms in total. The van der Waals surface area contributed by atoms with Crippen LogP contribution in [0.25, 0.3) is 0 Å². The summed E-state index contributed by atoms with van der Waals surface area (Å²) in [5, 5.41) is 31.5. The molecule has 1 spiro atoms. The molecule has 2 bridgehead atoms. The van der Waals surface area contributed by atoms with Gasteiger partial charge in [-0.2, -0.15) is 0 Å². The molecule has 0 aromatic carbocycles. The van der Waals surface area contributed by atoms with E-state index >= 15 is 0 Å². The molecule has 0 radical (unpaired) electrons. The van der Waals surface area contributed by atoms with Crippen LogP contribution in [0, 0.1) is 28.6 Å². The van der Waals surface area contributed by atoms with Crippen LogP contribution in [-0.2, 0) is 14.3 Å². The number of hydrogen-bond donors (Lipinski definition) is 3. The second kappa shape index (κ2) is 6.01. The van der Waals surface area contributed by atoms with Gasteiger partial charge >= 0.3 is 0 Å². The second-order valence-electron chi connectivity index (χ2n) is 10.5. The average Bonchev–Trinajstić information content (AvgIpc) is 3.13. The summed E-state index contributed by atoms with van der Waals surface area (Å²) in [6.45, 7) is 1.84. The smallest absolute Gasteiger partial charge is 0.166 e. The normalized spacial score (nSPS) is 57.4. The van der Waals surface area contributed by atoms with E-state index in [9.17, 15) is 20.1 Å². The molecule has 0 amide bonds. The van der Waals surface area contributed by atoms with Gasteiger partial charge in [0.25, 0.3) is 0 Å². The van der Waals surface area contributed by atoms with E-state index in [1.54, 1.807) is 7.11 Å². The second-order valence-corrected chi connectivity index (χ2v) is 10.5. The maximum atomic E-state index is 12.5. The number of aliphatic hydroxyl groups excluding tert-OH is 2. The van der Waals surface area contributed by atoms with Crippen molar-refractivity contribution in [3.05, 3.63) is 0 Å². The van der Waals surface area contributed by atoms with E-state index in [1.807, 2.05) is 0 Å². The molecule has 9 atom stereocenters. The number of ether oxygens (including phenoxy) is 2. The Morgan fingerprint density at radius 3 is 2.61 bits per heavy atom. The zero-order chi connectivity index (χ0) is 19.9. The Morgan fingerprint density at radius 1 is 1.11 bits per heavy atom. The summed E-state index contributed by atoms with van der Waals surface area (Å²) in [5.74, 6) is 0.293. The molecular formula is C22H34O6. The third-order valence-corrected chi connectivity index (χ3v) is 9.88. The lowest BCUT2D eigenvalue weighted by molar-refractivity contribution is -0.239. The average molecular weight is 395 g/mol. The van der Waals surface area contributed by atoms with Crippen molar-refractivity contribution in [2.75, 3.05) is 13.7 Å². The lowest BCUT2D eigenvalue weighted by Crippen LogP contribution is -2.67. The van der Waals surface area contributed by atoms with E-state index in [0.29, 0.717) is 19.3 Å². The third-order valence-electron chi connectivity index (χ3n) is 9.88. The molecule has 0 aromatic heterocycles. The topological polar surface area (TPSA) is 96.2 Å². The van der Waals surface area contributed by atoms with Crippen LogP contribution in [0.1, 0.15) is 64.7 Å². The molecule has 1 saturated heterocycles. The van der Waals surface area contributed by atoms with E-state index in [-0.39, 0.29) is 41.2 Å². The molecule has 28 heavy (non-hydrogen) atoms. The van der Waals surface area contributed by atoms with E-state index in [1.165, 1.54) is 0 Å². The Labute approximate surface area is 166 Å². The van der Waals surface area contributed by atoms with Crippen molar-refractivity contribution < 1.29 is 29.6 Å². The summed E-state index contributed by atoms with van der Waals surface area (Å²) in [6.07, 6.45) is 5.79. The van der Waals surface area contributed by atoms with Gasteiger partial charge in [-0.25, -0.2) is 0 Å². The molecule has 158 valence electrons. The largest absolute Gasteiger partial charge is 0.393 e. The summed E-state index contributed by atoms with van der Waals surface area (Å²) in [4.78, 5) is 12.5. The zero-order valence-corrected chi connectivity index (χ0v) is 17.0. The fourth-order valence-corrected chi connectivity index (χ4v) is 8.85. The molecule has 5 aliphatic rings. The molecule has 0 aromatic rings. The van der Waals surface area contributed by atoms with Crippen molar-refractivity contribution >= 4 is 5.78 Å². The van der Waals surface area contributed by atoms with Crippen molar-refractivity contribution in [2.24, 2.45) is 28.6 Å². The fourth-order valence-electron chi connectivity index (χ4n) is 8.85. The molecule has 4 saturated carbocycles. The van der Waals surface area contributed by atoms with Crippen LogP contribution < -0.4 is 0 Å². The van der Waals surface area contributed by atoms with Gasteiger partial charge in [-0.15, -0.1) is 0 Å². The standard InChI is InChI=1S/C22H34O6/c1-19-7-6-17-21-8-5-13(24)11-20(21,26)9-10-22(17,28-18(21)27-2)16(19)4-3-14(19)15(25)12-23/h13-14,16-18,23-24,26H,3-12H2,1-2H3/t13-,14-,16-,17-,18-,19+,20+,21-,22-/m0/s1. The fraction of sp³-hybridized carbons (Fsp3) is 0.955. The van der Waals surface area contributed by atoms with Crippen LogP contribution in [0.2, 0.25) is 0 Å². The van der Waals surface area contributed by atoms with Gasteiger partial charge in [0.1, 0.15) is 6.61 Å². The SMILES string of the molecule is CO[C@H]1O[C@]23CC[C@@]4(O)C[C@@H](O)CC[C@]14[C@@H]2CC[C@]1(C)[C@H](C(=O)CO)CC[C@@H]13. The number of hydrogen-bond acceptors (Lipinski definition) is 6. The number of carbonyl (C=O) groups excluding carboxylic acids is 1. The summed E-state index contributed by atoms with van der Waals surface area (Å²) < 4.78 is 12.7. The molecule has 1 aliphatic heterocycles. The van der Waals surface area contributed by atoms with Crippen molar-refractivity contribution in [1.82, 2.24) is 0 Å². The quantitative estimate of drug-likeness (QED) is 0.675. The minimum Gasteiger partial charge on any atom is -0.393 e.